The summed E-state index contributed by atoms with van der Waals surface area (Å²) in [5.41, 5.74) is -0.353. The van der Waals surface area contributed by atoms with Gasteiger partial charge < -0.3 is 39.6 Å². The maximum atomic E-state index is 10.7. The predicted octanol–water partition coefficient (Wildman–Crippen LogP) is 2.69. The Balaban J connectivity index is -0.000000328. The molecule has 0 unspecified atom stereocenters. The zero-order valence-electron chi connectivity index (χ0n) is 26.4. The SMILES string of the molecule is CCCCCCCCCCCC/C(=C/C(=O)[O-])C(=O)[O-].CCCCCCCCCCCC/C(=C/C(=O)[O-])C(=O)[O-].[Mg+2].[Mg+2]. The Morgan fingerprint density at radius 3 is 0.810 bits per heavy atom. The molecule has 0 amide bonds. The van der Waals surface area contributed by atoms with Crippen LogP contribution in [-0.4, -0.2) is 70.0 Å². The van der Waals surface area contributed by atoms with E-state index in [1.807, 2.05) is 0 Å². The van der Waals surface area contributed by atoms with Gasteiger partial charge in [0, 0.05) is 0 Å². The standard InChI is InChI=1S/2C16H28O4.2Mg/c2*1-2-3-4-5-6-7-8-9-10-11-12-14(16(19)20)13-15(17)18;;/h2*13H,2-12H2,1H3,(H,17,18)(H,19,20);;/q;;2*+2/p-4/b2*14-13-;;. The first-order valence-corrected chi connectivity index (χ1v) is 15.4. The van der Waals surface area contributed by atoms with E-state index in [1.165, 1.54) is 77.0 Å². The molecule has 0 spiro atoms. The van der Waals surface area contributed by atoms with Crippen LogP contribution >= 0.6 is 0 Å². The van der Waals surface area contributed by atoms with Crippen LogP contribution in [0.15, 0.2) is 23.3 Å². The van der Waals surface area contributed by atoms with Crippen LogP contribution in [0.1, 0.15) is 155 Å². The van der Waals surface area contributed by atoms with Gasteiger partial charge in [-0.3, -0.25) is 0 Å². The number of carbonyl (C=O) groups is 4. The molecule has 0 aromatic rings. The van der Waals surface area contributed by atoms with E-state index in [0.29, 0.717) is 25.0 Å². The summed E-state index contributed by atoms with van der Waals surface area (Å²) in [5, 5.41) is 41.9. The van der Waals surface area contributed by atoms with E-state index in [1.54, 1.807) is 0 Å². The van der Waals surface area contributed by atoms with Crippen LogP contribution in [0.3, 0.4) is 0 Å². The van der Waals surface area contributed by atoms with Crippen molar-refractivity contribution in [1.29, 1.82) is 0 Å². The first-order chi connectivity index (χ1) is 19.1. The number of carbonyl (C=O) groups excluding carboxylic acids is 4. The van der Waals surface area contributed by atoms with Gasteiger partial charge in [0.2, 0.25) is 0 Å². The van der Waals surface area contributed by atoms with Crippen molar-refractivity contribution >= 4 is 70.0 Å². The van der Waals surface area contributed by atoms with Gasteiger partial charge in [0.15, 0.2) is 0 Å². The van der Waals surface area contributed by atoms with Crippen LogP contribution in [0.4, 0.5) is 0 Å². The van der Waals surface area contributed by atoms with Crippen molar-refractivity contribution in [3.63, 3.8) is 0 Å². The predicted molar refractivity (Wildman–Crippen MR) is 161 cm³/mol. The number of hydrogen-bond acceptors (Lipinski definition) is 8. The van der Waals surface area contributed by atoms with Crippen LogP contribution < -0.4 is 20.4 Å². The van der Waals surface area contributed by atoms with Crippen LogP contribution in [-0.2, 0) is 19.2 Å². The normalized spacial score (nSPS) is 11.0. The van der Waals surface area contributed by atoms with E-state index in [-0.39, 0.29) is 70.1 Å². The van der Waals surface area contributed by atoms with Gasteiger partial charge in [-0.05, 0) is 49.0 Å². The molecule has 0 aromatic heterocycles. The van der Waals surface area contributed by atoms with Gasteiger partial charge in [-0.1, -0.05) is 129 Å². The molecule has 0 saturated carbocycles. The van der Waals surface area contributed by atoms with Gasteiger partial charge in [0.1, 0.15) is 0 Å². The molecule has 0 radical (unpaired) electrons. The van der Waals surface area contributed by atoms with Crippen LogP contribution in [0.2, 0.25) is 0 Å². The Labute approximate surface area is 286 Å². The van der Waals surface area contributed by atoms with Crippen molar-refractivity contribution in [2.75, 3.05) is 0 Å². The van der Waals surface area contributed by atoms with Crippen LogP contribution in [0, 0.1) is 0 Å². The Bertz CT molecular complexity index is 689. The second kappa shape index (κ2) is 36.1. The molecule has 8 nitrogen and oxygen atoms in total. The molecule has 0 bridgehead atoms. The van der Waals surface area contributed by atoms with Crippen molar-refractivity contribution < 1.29 is 39.6 Å². The van der Waals surface area contributed by atoms with Gasteiger partial charge >= 0.3 is 46.1 Å². The minimum absolute atomic E-state index is 0. The topological polar surface area (TPSA) is 161 Å². The monoisotopic (exact) mass is 612 g/mol. The number of hydrogen-bond donors (Lipinski definition) is 0. The van der Waals surface area contributed by atoms with E-state index in [2.05, 4.69) is 13.8 Å². The molecule has 0 aromatic carbocycles. The summed E-state index contributed by atoms with van der Waals surface area (Å²) < 4.78 is 0. The maximum Gasteiger partial charge on any atom is 2.00 e. The van der Waals surface area contributed by atoms with E-state index in [0.717, 1.165) is 38.5 Å². The number of carboxylic acids is 4. The second-order valence-electron chi connectivity index (χ2n) is 10.4. The Kier molecular flexibility index (Phi) is 41.1. The maximum absolute atomic E-state index is 10.7. The Hall–Kier alpha value is -1.11. The smallest absolute Gasteiger partial charge is 0.545 e. The van der Waals surface area contributed by atoms with Crippen molar-refractivity contribution in [2.45, 2.75) is 155 Å². The molecule has 0 atom stereocenters. The van der Waals surface area contributed by atoms with Crippen LogP contribution in [0.25, 0.3) is 0 Å². The number of carboxylic acid groups (broad SMARTS) is 4. The fourth-order valence-corrected chi connectivity index (χ4v) is 4.36. The van der Waals surface area contributed by atoms with Crippen molar-refractivity contribution in [3.05, 3.63) is 23.3 Å². The average molecular weight is 613 g/mol. The third-order valence-electron chi connectivity index (χ3n) is 6.71. The molecular weight excluding hydrogens is 561 g/mol. The molecule has 0 fully saturated rings. The third-order valence-corrected chi connectivity index (χ3v) is 6.71. The van der Waals surface area contributed by atoms with E-state index < -0.39 is 23.9 Å². The van der Waals surface area contributed by atoms with Gasteiger partial charge in [0.25, 0.3) is 0 Å². The van der Waals surface area contributed by atoms with Gasteiger partial charge in [-0.15, -0.1) is 0 Å². The molecule has 42 heavy (non-hydrogen) atoms. The van der Waals surface area contributed by atoms with Crippen molar-refractivity contribution in [2.24, 2.45) is 0 Å². The molecule has 0 aliphatic carbocycles. The van der Waals surface area contributed by atoms with Gasteiger partial charge in [0.05, 0.1) is 23.9 Å². The first kappa shape index (κ1) is 47.8. The van der Waals surface area contributed by atoms with Gasteiger partial charge in [-0.25, -0.2) is 0 Å². The zero-order valence-corrected chi connectivity index (χ0v) is 29.2. The molecular formula is C32H52Mg2O8. The number of rotatable bonds is 26. The fourth-order valence-electron chi connectivity index (χ4n) is 4.36. The Morgan fingerprint density at radius 1 is 0.405 bits per heavy atom. The minimum atomic E-state index is -1.48. The molecule has 0 N–H and O–H groups in total. The average Bonchev–Trinajstić information content (AvgIpc) is 2.89. The summed E-state index contributed by atoms with van der Waals surface area (Å²) >= 11 is 0. The minimum Gasteiger partial charge on any atom is -0.545 e. The van der Waals surface area contributed by atoms with E-state index >= 15 is 0 Å². The summed E-state index contributed by atoms with van der Waals surface area (Å²) in [4.78, 5) is 41.9. The largest absolute Gasteiger partial charge is 2.00 e. The second-order valence-corrected chi connectivity index (χ2v) is 10.4. The summed E-state index contributed by atoms with van der Waals surface area (Å²) in [7, 11) is 0. The molecule has 0 rings (SSSR count). The summed E-state index contributed by atoms with van der Waals surface area (Å²) in [6, 6.07) is 0. The van der Waals surface area contributed by atoms with Crippen LogP contribution in [0.5, 0.6) is 0 Å². The number of aliphatic carboxylic acids is 4. The quantitative estimate of drug-likeness (QED) is 0.0818. The molecule has 10 heteroatoms. The molecule has 0 saturated heterocycles. The zero-order chi connectivity index (χ0) is 30.4. The fraction of sp³-hybridized carbons (Fsp3) is 0.750. The first-order valence-electron chi connectivity index (χ1n) is 15.4. The third kappa shape index (κ3) is 36.9. The number of unbranched alkanes of at least 4 members (excludes halogenated alkanes) is 18. The van der Waals surface area contributed by atoms with Gasteiger partial charge in [-0.2, -0.15) is 0 Å². The van der Waals surface area contributed by atoms with E-state index in [4.69, 9.17) is 0 Å². The summed E-state index contributed by atoms with van der Waals surface area (Å²) in [6.45, 7) is 4.41. The van der Waals surface area contributed by atoms with Crippen molar-refractivity contribution in [1.82, 2.24) is 0 Å². The molecule has 0 aliphatic rings. The summed E-state index contributed by atoms with van der Waals surface area (Å²) in [6.07, 6.45) is 24.8. The Morgan fingerprint density at radius 2 is 0.619 bits per heavy atom. The summed E-state index contributed by atoms with van der Waals surface area (Å²) in [5.74, 6) is -5.78. The molecule has 0 heterocycles. The molecule has 0 aliphatic heterocycles. The molecule has 232 valence electrons. The van der Waals surface area contributed by atoms with E-state index in [9.17, 15) is 39.6 Å². The van der Waals surface area contributed by atoms with Crippen molar-refractivity contribution in [3.8, 4) is 0 Å².